The quantitative estimate of drug-likeness (QED) is 0.422. The van der Waals surface area contributed by atoms with Gasteiger partial charge in [0.1, 0.15) is 10.7 Å². The number of amides is 3. The highest BCUT2D eigenvalue weighted by molar-refractivity contribution is 6.53. The third kappa shape index (κ3) is 4.73. The zero-order chi connectivity index (χ0) is 23.7. The predicted octanol–water partition coefficient (Wildman–Crippen LogP) is 5.99. The third-order valence-corrected chi connectivity index (χ3v) is 5.97. The van der Waals surface area contributed by atoms with Crippen molar-refractivity contribution in [2.75, 3.05) is 15.5 Å². The number of aryl methyl sites for hydroxylation is 1. The Hall–Kier alpha value is -3.32. The van der Waals surface area contributed by atoms with E-state index in [9.17, 15) is 14.4 Å². The lowest BCUT2D eigenvalue weighted by molar-refractivity contribution is -0.120. The van der Waals surface area contributed by atoms with Crippen LogP contribution in [0.15, 0.2) is 77.5 Å². The topological polar surface area (TPSA) is 78.5 Å². The van der Waals surface area contributed by atoms with Crippen LogP contribution in [-0.2, 0) is 9.59 Å². The first-order chi connectivity index (χ1) is 15.7. The lowest BCUT2D eigenvalue weighted by atomic mass is 10.1. The molecular formula is C24H16Cl3N3O3. The van der Waals surface area contributed by atoms with E-state index in [1.165, 1.54) is 18.2 Å². The van der Waals surface area contributed by atoms with E-state index in [2.05, 4.69) is 10.6 Å². The number of nitrogens with zero attached hydrogens (tertiary/aromatic N) is 1. The number of hydrogen-bond acceptors (Lipinski definition) is 4. The van der Waals surface area contributed by atoms with Crippen molar-refractivity contribution in [3.05, 3.63) is 98.6 Å². The molecule has 0 saturated carbocycles. The minimum atomic E-state index is -0.684. The molecule has 3 amide bonds. The van der Waals surface area contributed by atoms with Crippen molar-refractivity contribution in [2.45, 2.75) is 6.92 Å². The molecule has 3 aromatic rings. The highest BCUT2D eigenvalue weighted by Crippen LogP contribution is 2.33. The van der Waals surface area contributed by atoms with Gasteiger partial charge < -0.3 is 10.6 Å². The van der Waals surface area contributed by atoms with Crippen molar-refractivity contribution in [2.24, 2.45) is 0 Å². The summed E-state index contributed by atoms with van der Waals surface area (Å²) in [7, 11) is 0. The summed E-state index contributed by atoms with van der Waals surface area (Å²) in [6.45, 7) is 1.94. The SMILES string of the molecule is Cc1cccc(NC(=O)c2ccc(NC3=C(Cl)C(=O)N(c4ccc(Cl)c(Cl)c4)C3=O)cc2)c1. The number of benzene rings is 3. The highest BCUT2D eigenvalue weighted by atomic mass is 35.5. The van der Waals surface area contributed by atoms with E-state index in [1.54, 1.807) is 30.3 Å². The van der Waals surface area contributed by atoms with Crippen molar-refractivity contribution in [3.63, 3.8) is 0 Å². The molecule has 9 heteroatoms. The van der Waals surface area contributed by atoms with Crippen LogP contribution >= 0.6 is 34.8 Å². The summed E-state index contributed by atoms with van der Waals surface area (Å²) in [6.07, 6.45) is 0. The van der Waals surface area contributed by atoms with Gasteiger partial charge in [-0.05, 0) is 67.1 Å². The lowest BCUT2D eigenvalue weighted by Crippen LogP contribution is -2.32. The molecule has 33 heavy (non-hydrogen) atoms. The largest absolute Gasteiger partial charge is 0.350 e. The van der Waals surface area contributed by atoms with Crippen molar-refractivity contribution >= 4 is 69.6 Å². The normalized spacial score (nSPS) is 13.5. The number of carbonyl (C=O) groups excluding carboxylic acids is 3. The maximum Gasteiger partial charge on any atom is 0.283 e. The minimum Gasteiger partial charge on any atom is -0.350 e. The molecule has 0 aromatic heterocycles. The molecule has 4 rings (SSSR count). The van der Waals surface area contributed by atoms with E-state index >= 15 is 0 Å². The van der Waals surface area contributed by atoms with Gasteiger partial charge in [0.2, 0.25) is 0 Å². The summed E-state index contributed by atoms with van der Waals surface area (Å²) < 4.78 is 0. The van der Waals surface area contributed by atoms with E-state index in [0.717, 1.165) is 10.5 Å². The zero-order valence-electron chi connectivity index (χ0n) is 17.2. The second-order valence-corrected chi connectivity index (χ2v) is 8.45. The van der Waals surface area contributed by atoms with E-state index in [-0.39, 0.29) is 27.3 Å². The molecule has 0 saturated heterocycles. The molecule has 1 heterocycles. The Balaban J connectivity index is 1.49. The standard InChI is InChI=1S/C24H16Cl3N3O3/c1-13-3-2-4-16(11-13)29-22(31)14-5-7-15(8-6-14)28-21-20(27)23(32)30(24(21)33)17-9-10-18(25)19(26)12-17/h2-12,28H,1H3,(H,29,31). The van der Waals surface area contributed by atoms with Gasteiger partial charge in [0.05, 0.1) is 15.7 Å². The Morgan fingerprint density at radius 1 is 0.818 bits per heavy atom. The zero-order valence-corrected chi connectivity index (χ0v) is 19.4. The minimum absolute atomic E-state index is 0.0790. The number of imide groups is 1. The summed E-state index contributed by atoms with van der Waals surface area (Å²) in [5.41, 5.74) is 2.79. The molecular weight excluding hydrogens is 485 g/mol. The van der Waals surface area contributed by atoms with E-state index in [1.807, 2.05) is 25.1 Å². The molecule has 0 atom stereocenters. The maximum atomic E-state index is 12.9. The molecule has 1 aliphatic rings. The molecule has 0 unspecified atom stereocenters. The molecule has 0 bridgehead atoms. The summed E-state index contributed by atoms with van der Waals surface area (Å²) >= 11 is 18.1. The molecule has 1 aliphatic heterocycles. The van der Waals surface area contributed by atoms with Gasteiger partial charge in [0.15, 0.2) is 0 Å². The Morgan fingerprint density at radius 2 is 1.55 bits per heavy atom. The second kappa shape index (κ2) is 9.27. The number of carbonyl (C=O) groups is 3. The smallest absolute Gasteiger partial charge is 0.283 e. The Morgan fingerprint density at radius 3 is 2.21 bits per heavy atom. The summed E-state index contributed by atoms with van der Waals surface area (Å²) in [4.78, 5) is 38.9. The number of rotatable bonds is 5. The van der Waals surface area contributed by atoms with Gasteiger partial charge in [-0.1, -0.05) is 46.9 Å². The molecule has 0 aliphatic carbocycles. The second-order valence-electron chi connectivity index (χ2n) is 7.26. The first-order valence-electron chi connectivity index (χ1n) is 9.73. The van der Waals surface area contributed by atoms with Gasteiger partial charge in [-0.3, -0.25) is 14.4 Å². The van der Waals surface area contributed by atoms with E-state index < -0.39 is 11.8 Å². The van der Waals surface area contributed by atoms with Crippen molar-refractivity contribution in [1.29, 1.82) is 0 Å². The van der Waals surface area contributed by atoms with Gasteiger partial charge in [-0.2, -0.15) is 0 Å². The molecule has 2 N–H and O–H groups in total. The molecule has 0 spiro atoms. The van der Waals surface area contributed by atoms with Crippen LogP contribution in [-0.4, -0.2) is 17.7 Å². The highest BCUT2D eigenvalue weighted by Gasteiger charge is 2.39. The molecule has 166 valence electrons. The summed E-state index contributed by atoms with van der Waals surface area (Å²) in [5, 5.41) is 5.93. The number of nitrogens with one attached hydrogen (secondary N) is 2. The summed E-state index contributed by atoms with van der Waals surface area (Å²) in [6, 6.07) is 18.3. The van der Waals surface area contributed by atoms with E-state index in [4.69, 9.17) is 34.8 Å². The van der Waals surface area contributed by atoms with Crippen LogP contribution in [0.25, 0.3) is 0 Å². The fourth-order valence-corrected chi connectivity index (χ4v) is 3.75. The predicted molar refractivity (Wildman–Crippen MR) is 131 cm³/mol. The van der Waals surface area contributed by atoms with Gasteiger partial charge in [-0.25, -0.2) is 4.90 Å². The first-order valence-corrected chi connectivity index (χ1v) is 10.9. The monoisotopic (exact) mass is 499 g/mol. The van der Waals surface area contributed by atoms with E-state index in [0.29, 0.717) is 22.0 Å². The molecule has 0 radical (unpaired) electrons. The van der Waals surface area contributed by atoms with Crippen LogP contribution in [0.1, 0.15) is 15.9 Å². The Bertz CT molecular complexity index is 1320. The Labute approximate surface area is 204 Å². The van der Waals surface area contributed by atoms with Crippen molar-refractivity contribution in [1.82, 2.24) is 0 Å². The van der Waals surface area contributed by atoms with Gasteiger partial charge in [0, 0.05) is 16.9 Å². The number of halogens is 3. The van der Waals surface area contributed by atoms with Crippen LogP contribution in [0.3, 0.4) is 0 Å². The summed E-state index contributed by atoms with van der Waals surface area (Å²) in [5.74, 6) is -1.59. The van der Waals surface area contributed by atoms with Crippen LogP contribution in [0.5, 0.6) is 0 Å². The number of anilines is 3. The average Bonchev–Trinajstić information content (AvgIpc) is 2.99. The number of hydrogen-bond donors (Lipinski definition) is 2. The third-order valence-electron chi connectivity index (χ3n) is 4.88. The molecule has 3 aromatic carbocycles. The van der Waals surface area contributed by atoms with Crippen LogP contribution in [0.2, 0.25) is 10.0 Å². The van der Waals surface area contributed by atoms with Gasteiger partial charge in [0.25, 0.3) is 17.7 Å². The Kier molecular flexibility index (Phi) is 6.42. The lowest BCUT2D eigenvalue weighted by Gasteiger charge is -2.15. The van der Waals surface area contributed by atoms with Crippen LogP contribution < -0.4 is 15.5 Å². The first kappa shape index (κ1) is 22.9. The fourth-order valence-electron chi connectivity index (χ4n) is 3.25. The van der Waals surface area contributed by atoms with Gasteiger partial charge >= 0.3 is 0 Å². The van der Waals surface area contributed by atoms with Crippen molar-refractivity contribution in [3.8, 4) is 0 Å². The van der Waals surface area contributed by atoms with Gasteiger partial charge in [-0.15, -0.1) is 0 Å². The maximum absolute atomic E-state index is 12.9. The fraction of sp³-hybridized carbons (Fsp3) is 0.0417. The van der Waals surface area contributed by atoms with Crippen LogP contribution in [0.4, 0.5) is 17.1 Å². The average molecular weight is 501 g/mol. The van der Waals surface area contributed by atoms with Crippen molar-refractivity contribution < 1.29 is 14.4 Å². The molecule has 0 fully saturated rings. The molecule has 6 nitrogen and oxygen atoms in total. The van der Waals surface area contributed by atoms with Crippen LogP contribution in [0, 0.1) is 6.92 Å².